The second-order valence-electron chi connectivity index (χ2n) is 8.30. The Hall–Kier alpha value is -2.99. The number of hydrogen-bond acceptors (Lipinski definition) is 6. The quantitative estimate of drug-likeness (QED) is 0.675. The van der Waals surface area contributed by atoms with Crippen LogP contribution in [0.25, 0.3) is 22.3 Å². The normalized spacial score (nSPS) is 15.1. The van der Waals surface area contributed by atoms with Crippen LogP contribution in [0.3, 0.4) is 0 Å². The molecule has 0 atom stereocenters. The Morgan fingerprint density at radius 2 is 1.70 bits per heavy atom. The molecule has 0 spiro atoms. The summed E-state index contributed by atoms with van der Waals surface area (Å²) in [5.41, 5.74) is 1.48. The number of Topliss-reactive ketones (excluding diaryl/α,β-unsaturated/α-hetero) is 1. The number of aromatic hydroxyl groups is 1. The van der Waals surface area contributed by atoms with Gasteiger partial charge < -0.3 is 10.0 Å². The van der Waals surface area contributed by atoms with Gasteiger partial charge in [-0.3, -0.25) is 9.69 Å². The number of nitrogens with zero attached hydrogens (tertiary/aromatic N) is 4. The van der Waals surface area contributed by atoms with Crippen molar-refractivity contribution in [3.8, 4) is 17.1 Å². The van der Waals surface area contributed by atoms with Gasteiger partial charge >= 0.3 is 0 Å². The predicted molar refractivity (Wildman–Crippen MR) is 120 cm³/mol. The summed E-state index contributed by atoms with van der Waals surface area (Å²) in [6.45, 7) is 7.95. The van der Waals surface area contributed by atoms with Crippen LogP contribution < -0.4 is 4.90 Å². The number of benzene rings is 2. The lowest BCUT2D eigenvalue weighted by molar-refractivity contribution is -0.120. The third-order valence-corrected chi connectivity index (χ3v) is 5.44. The van der Waals surface area contributed by atoms with Crippen molar-refractivity contribution < 1.29 is 9.90 Å². The first-order chi connectivity index (χ1) is 14.5. The Morgan fingerprint density at radius 1 is 1.00 bits per heavy atom. The highest BCUT2D eigenvalue weighted by Gasteiger charge is 2.23. The van der Waals surface area contributed by atoms with E-state index in [4.69, 9.17) is 9.97 Å². The summed E-state index contributed by atoms with van der Waals surface area (Å²) in [5, 5.41) is 11.3. The molecule has 2 heterocycles. The van der Waals surface area contributed by atoms with Gasteiger partial charge in [0.05, 0.1) is 17.6 Å². The molecule has 6 nitrogen and oxygen atoms in total. The highest BCUT2D eigenvalue weighted by atomic mass is 16.3. The van der Waals surface area contributed by atoms with E-state index >= 15 is 0 Å². The van der Waals surface area contributed by atoms with Crippen molar-refractivity contribution in [1.29, 1.82) is 0 Å². The Kier molecular flexibility index (Phi) is 5.95. The summed E-state index contributed by atoms with van der Waals surface area (Å²) in [6, 6.07) is 15.1. The van der Waals surface area contributed by atoms with Crippen molar-refractivity contribution in [2.24, 2.45) is 5.92 Å². The average Bonchev–Trinajstić information content (AvgIpc) is 2.73. The number of carbonyl (C=O) groups is 1. The van der Waals surface area contributed by atoms with Crippen molar-refractivity contribution in [2.45, 2.75) is 20.3 Å². The highest BCUT2D eigenvalue weighted by molar-refractivity contribution is 5.91. The lowest BCUT2D eigenvalue weighted by atomic mass is 10.1. The van der Waals surface area contributed by atoms with E-state index in [1.54, 1.807) is 12.1 Å². The zero-order valence-electron chi connectivity index (χ0n) is 17.6. The van der Waals surface area contributed by atoms with E-state index in [1.165, 1.54) is 0 Å². The van der Waals surface area contributed by atoms with Crippen molar-refractivity contribution >= 4 is 22.5 Å². The van der Waals surface area contributed by atoms with Crippen LogP contribution in [-0.4, -0.2) is 58.5 Å². The molecule has 4 rings (SSSR count). The average molecular weight is 405 g/mol. The number of anilines is 1. The Balaban J connectivity index is 1.59. The van der Waals surface area contributed by atoms with Crippen molar-refractivity contribution in [3.05, 3.63) is 48.5 Å². The molecule has 1 aromatic heterocycles. The van der Waals surface area contributed by atoms with E-state index in [2.05, 4.69) is 23.6 Å². The Bertz CT molecular complexity index is 1040. The molecule has 6 heteroatoms. The number of carbonyl (C=O) groups excluding carboxylic acids is 1. The highest BCUT2D eigenvalue weighted by Crippen LogP contribution is 2.31. The lowest BCUT2D eigenvalue weighted by Crippen LogP contribution is -2.48. The molecule has 1 aliphatic heterocycles. The topological polar surface area (TPSA) is 69.6 Å². The van der Waals surface area contributed by atoms with Gasteiger partial charge in [-0.1, -0.05) is 38.1 Å². The minimum absolute atomic E-state index is 0.173. The molecule has 0 amide bonds. The van der Waals surface area contributed by atoms with E-state index < -0.39 is 0 Å². The monoisotopic (exact) mass is 404 g/mol. The fraction of sp³-hybridized carbons (Fsp3) is 0.375. The van der Waals surface area contributed by atoms with Gasteiger partial charge in [0, 0.05) is 38.0 Å². The van der Waals surface area contributed by atoms with Crippen LogP contribution in [0.4, 0.5) is 5.82 Å². The van der Waals surface area contributed by atoms with Gasteiger partial charge in [0.25, 0.3) is 0 Å². The first kappa shape index (κ1) is 20.3. The summed E-state index contributed by atoms with van der Waals surface area (Å²) in [5.74, 6) is 2.29. The van der Waals surface area contributed by atoms with Crippen LogP contribution in [0.1, 0.15) is 20.3 Å². The van der Waals surface area contributed by atoms with Crippen molar-refractivity contribution in [2.75, 3.05) is 37.6 Å². The zero-order valence-corrected chi connectivity index (χ0v) is 17.6. The first-order valence-electron chi connectivity index (χ1n) is 10.6. The summed E-state index contributed by atoms with van der Waals surface area (Å²) in [7, 11) is 0. The second-order valence-corrected chi connectivity index (χ2v) is 8.30. The summed E-state index contributed by atoms with van der Waals surface area (Å²) in [4.78, 5) is 26.2. The fourth-order valence-electron chi connectivity index (χ4n) is 3.97. The van der Waals surface area contributed by atoms with Gasteiger partial charge in [0.2, 0.25) is 0 Å². The molecule has 3 aromatic rings. The Morgan fingerprint density at radius 3 is 2.43 bits per heavy atom. The number of aromatic nitrogens is 2. The minimum atomic E-state index is 0.173. The number of piperazine rings is 1. The van der Waals surface area contributed by atoms with E-state index in [1.807, 2.05) is 36.4 Å². The zero-order chi connectivity index (χ0) is 21.1. The lowest BCUT2D eigenvalue weighted by Gasteiger charge is -2.35. The molecular formula is C24H28N4O2. The number of phenolic OH excluding ortho intramolecular Hbond substituents is 1. The van der Waals surface area contributed by atoms with Gasteiger partial charge in [-0.05, 0) is 30.2 Å². The van der Waals surface area contributed by atoms with Gasteiger partial charge in [-0.25, -0.2) is 9.97 Å². The number of ketones is 1. The smallest absolute Gasteiger partial charge is 0.165 e. The molecule has 156 valence electrons. The van der Waals surface area contributed by atoms with Crippen molar-refractivity contribution in [3.63, 3.8) is 0 Å². The van der Waals surface area contributed by atoms with Crippen molar-refractivity contribution in [1.82, 2.24) is 14.9 Å². The van der Waals surface area contributed by atoms with Crippen LogP contribution in [0.5, 0.6) is 5.75 Å². The molecule has 2 aromatic carbocycles. The number of phenols is 1. The largest absolute Gasteiger partial charge is 0.507 e. The Labute approximate surface area is 177 Å². The van der Waals surface area contributed by atoms with Crippen LogP contribution in [0.2, 0.25) is 0 Å². The van der Waals surface area contributed by atoms with E-state index in [9.17, 15) is 9.90 Å². The predicted octanol–water partition coefficient (Wildman–Crippen LogP) is 3.74. The molecule has 1 aliphatic rings. The molecule has 0 aliphatic carbocycles. The number of hydrogen-bond donors (Lipinski definition) is 1. The standard InChI is InChI=1S/C24H28N4O2/c1-17(2)15-18(29)16-27-11-13-28(14-12-27)24-19-7-3-5-9-21(19)25-23(26-24)20-8-4-6-10-22(20)30/h3-10,17,30H,11-16H2,1-2H3. The second kappa shape index (κ2) is 8.79. The number of para-hydroxylation sites is 2. The van der Waals surface area contributed by atoms with Crippen LogP contribution in [0, 0.1) is 5.92 Å². The van der Waals surface area contributed by atoms with Crippen LogP contribution in [0.15, 0.2) is 48.5 Å². The molecule has 1 saturated heterocycles. The molecule has 1 fully saturated rings. The van der Waals surface area contributed by atoms with Gasteiger partial charge in [-0.2, -0.15) is 0 Å². The van der Waals surface area contributed by atoms with E-state index in [0.717, 1.165) is 42.9 Å². The SMILES string of the molecule is CC(C)CC(=O)CN1CCN(c2nc(-c3ccccc3O)nc3ccccc23)CC1. The number of fused-ring (bicyclic) bond motifs is 1. The maximum Gasteiger partial charge on any atom is 0.165 e. The molecular weight excluding hydrogens is 376 g/mol. The molecule has 0 saturated carbocycles. The molecule has 0 bridgehead atoms. The summed E-state index contributed by atoms with van der Waals surface area (Å²) < 4.78 is 0. The minimum Gasteiger partial charge on any atom is -0.507 e. The van der Waals surface area contributed by atoms with Crippen LogP contribution >= 0.6 is 0 Å². The molecule has 30 heavy (non-hydrogen) atoms. The third kappa shape index (κ3) is 4.44. The van der Waals surface area contributed by atoms with Crippen LogP contribution in [-0.2, 0) is 4.79 Å². The van der Waals surface area contributed by atoms with Gasteiger partial charge in [-0.15, -0.1) is 0 Å². The van der Waals surface area contributed by atoms with Gasteiger partial charge in [0.15, 0.2) is 5.82 Å². The first-order valence-corrected chi connectivity index (χ1v) is 10.6. The number of rotatable bonds is 6. The third-order valence-electron chi connectivity index (χ3n) is 5.44. The molecule has 1 N–H and O–H groups in total. The van der Waals surface area contributed by atoms with Gasteiger partial charge in [0.1, 0.15) is 17.4 Å². The van der Waals surface area contributed by atoms with E-state index in [-0.39, 0.29) is 5.75 Å². The maximum absolute atomic E-state index is 12.2. The van der Waals surface area contributed by atoms with E-state index in [0.29, 0.717) is 36.1 Å². The summed E-state index contributed by atoms with van der Waals surface area (Å²) >= 11 is 0. The molecule has 0 unspecified atom stereocenters. The maximum atomic E-state index is 12.2. The summed E-state index contributed by atoms with van der Waals surface area (Å²) in [6.07, 6.45) is 0.640. The fourth-order valence-corrected chi connectivity index (χ4v) is 3.97. The molecule has 0 radical (unpaired) electrons.